The van der Waals surface area contributed by atoms with Gasteiger partial charge in [0.05, 0.1) is 0 Å². The van der Waals surface area contributed by atoms with Crippen molar-refractivity contribution < 1.29 is 4.74 Å². The highest BCUT2D eigenvalue weighted by molar-refractivity contribution is 9.10. The molecule has 4 heteroatoms. The van der Waals surface area contributed by atoms with Crippen molar-refractivity contribution in [1.82, 2.24) is 0 Å². The van der Waals surface area contributed by atoms with Crippen LogP contribution in [0.5, 0.6) is 5.75 Å². The zero-order chi connectivity index (χ0) is 12.2. The van der Waals surface area contributed by atoms with Crippen LogP contribution in [0.1, 0.15) is 25.8 Å². The summed E-state index contributed by atoms with van der Waals surface area (Å²) in [5.41, 5.74) is 6.12. The zero-order valence-electron chi connectivity index (χ0n) is 9.46. The summed E-state index contributed by atoms with van der Waals surface area (Å²) < 4.78 is 6.33. The third-order valence-corrected chi connectivity index (χ3v) is 3.11. The van der Waals surface area contributed by atoms with Gasteiger partial charge in [-0.15, -0.1) is 0 Å². The van der Waals surface area contributed by atoms with Crippen LogP contribution >= 0.6 is 15.9 Å². The number of nitriles is 1. The minimum absolute atomic E-state index is 0.366. The van der Waals surface area contributed by atoms with Gasteiger partial charge in [0.15, 0.2) is 0 Å². The monoisotopic (exact) mass is 282 g/mol. The summed E-state index contributed by atoms with van der Waals surface area (Å²) >= 11 is 3.31. The van der Waals surface area contributed by atoms with Crippen LogP contribution in [0.3, 0.4) is 0 Å². The minimum atomic E-state index is -0.366. The first-order valence-electron chi connectivity index (χ1n) is 5.10. The van der Waals surface area contributed by atoms with Crippen LogP contribution in [0.2, 0.25) is 0 Å². The number of nitrogens with zero attached hydrogens (tertiary/aromatic N) is 1. The van der Waals surface area contributed by atoms with Crippen LogP contribution in [0, 0.1) is 11.3 Å². The fourth-order valence-electron chi connectivity index (χ4n) is 1.08. The van der Waals surface area contributed by atoms with E-state index < -0.39 is 0 Å². The van der Waals surface area contributed by atoms with Gasteiger partial charge in [-0.2, -0.15) is 5.26 Å². The molecule has 1 atom stereocenters. The van der Waals surface area contributed by atoms with Gasteiger partial charge in [0, 0.05) is 10.0 Å². The molecule has 0 aliphatic heterocycles. The molecule has 0 bridgehead atoms. The summed E-state index contributed by atoms with van der Waals surface area (Å²) in [7, 11) is 0. The molecule has 1 aromatic carbocycles. The summed E-state index contributed by atoms with van der Waals surface area (Å²) in [4.78, 5) is 0. The zero-order valence-corrected chi connectivity index (χ0v) is 11.0. The maximum absolute atomic E-state index is 8.99. The largest absolute Gasteiger partial charge is 0.490 e. The van der Waals surface area contributed by atoms with Gasteiger partial charge >= 0.3 is 0 Å². The molecule has 0 heterocycles. The Bertz CT molecular complexity index is 410. The Morgan fingerprint density at radius 2 is 2.25 bits per heavy atom. The summed E-state index contributed by atoms with van der Waals surface area (Å²) in [6.07, 6.45) is 0.822. The van der Waals surface area contributed by atoms with Crippen molar-refractivity contribution in [3.05, 3.63) is 28.2 Å². The van der Waals surface area contributed by atoms with Gasteiger partial charge in [0.2, 0.25) is 0 Å². The van der Waals surface area contributed by atoms with E-state index in [0.29, 0.717) is 17.9 Å². The summed E-state index contributed by atoms with van der Waals surface area (Å²) in [6, 6.07) is 7.52. The van der Waals surface area contributed by atoms with E-state index >= 15 is 0 Å². The van der Waals surface area contributed by atoms with E-state index in [2.05, 4.69) is 22.0 Å². The van der Waals surface area contributed by atoms with Gasteiger partial charge in [0.1, 0.15) is 24.0 Å². The average molecular weight is 283 g/mol. The summed E-state index contributed by atoms with van der Waals surface area (Å²) in [5, 5.41) is 8.99. The Labute approximate surface area is 104 Å². The maximum Gasteiger partial charge on any atom is 0.138 e. The number of hydrogen-bond acceptors (Lipinski definition) is 3. The number of nitrogens with two attached hydrogens (primary N) is 1. The van der Waals surface area contributed by atoms with Gasteiger partial charge in [0.25, 0.3) is 0 Å². The molecule has 0 amide bonds. The van der Waals surface area contributed by atoms with Crippen molar-refractivity contribution in [1.29, 1.82) is 5.26 Å². The van der Waals surface area contributed by atoms with Crippen LogP contribution in [0.15, 0.2) is 22.7 Å². The molecule has 1 aromatic rings. The Balaban J connectivity index is 2.83. The van der Waals surface area contributed by atoms with Gasteiger partial charge in [-0.3, -0.25) is 0 Å². The van der Waals surface area contributed by atoms with E-state index in [9.17, 15) is 0 Å². The molecule has 0 aliphatic rings. The highest BCUT2D eigenvalue weighted by atomic mass is 79.9. The quantitative estimate of drug-likeness (QED) is 0.924. The van der Waals surface area contributed by atoms with Crippen molar-refractivity contribution in [2.45, 2.75) is 25.8 Å². The number of halogens is 1. The third-order valence-electron chi connectivity index (χ3n) is 2.45. The number of rotatable bonds is 4. The van der Waals surface area contributed by atoms with Gasteiger partial charge in [-0.1, -0.05) is 13.0 Å². The van der Waals surface area contributed by atoms with E-state index in [1.807, 2.05) is 26.0 Å². The van der Waals surface area contributed by atoms with E-state index in [1.54, 1.807) is 6.07 Å². The lowest BCUT2D eigenvalue weighted by Crippen LogP contribution is -2.41. The van der Waals surface area contributed by atoms with Gasteiger partial charge in [-0.25, -0.2) is 0 Å². The van der Waals surface area contributed by atoms with Gasteiger partial charge in [-0.05, 0) is 41.4 Å². The molecule has 0 saturated heterocycles. The normalized spacial score (nSPS) is 13.9. The van der Waals surface area contributed by atoms with Crippen LogP contribution < -0.4 is 10.5 Å². The average Bonchev–Trinajstić information content (AvgIpc) is 2.26. The first-order valence-corrected chi connectivity index (χ1v) is 5.90. The second kappa shape index (κ2) is 5.33. The lowest BCUT2D eigenvalue weighted by atomic mass is 10.0. The van der Waals surface area contributed by atoms with E-state index in [4.69, 9.17) is 15.7 Å². The summed E-state index contributed by atoms with van der Waals surface area (Å²) in [5.74, 6) is 0.571. The second-order valence-electron chi connectivity index (χ2n) is 4.02. The van der Waals surface area contributed by atoms with Crippen molar-refractivity contribution in [2.24, 2.45) is 5.73 Å². The molecule has 3 nitrogen and oxygen atoms in total. The van der Waals surface area contributed by atoms with E-state index in [-0.39, 0.29) is 5.54 Å². The maximum atomic E-state index is 8.99. The molecule has 0 spiro atoms. The van der Waals surface area contributed by atoms with E-state index in [0.717, 1.165) is 10.9 Å². The SMILES string of the molecule is CCC(C)(N)COc1cccc(Br)c1C#N. The van der Waals surface area contributed by atoms with E-state index in [1.165, 1.54) is 0 Å². The predicted octanol–water partition coefficient (Wildman–Crippen LogP) is 2.83. The molecule has 1 unspecified atom stereocenters. The Kier molecular flexibility index (Phi) is 4.34. The molecule has 0 fully saturated rings. The fraction of sp³-hybridized carbons (Fsp3) is 0.417. The smallest absolute Gasteiger partial charge is 0.138 e. The molecule has 2 N–H and O–H groups in total. The molecule has 0 radical (unpaired) electrons. The highest BCUT2D eigenvalue weighted by Gasteiger charge is 2.17. The van der Waals surface area contributed by atoms with Crippen molar-refractivity contribution in [3.8, 4) is 11.8 Å². The molecular formula is C12H15BrN2O. The highest BCUT2D eigenvalue weighted by Crippen LogP contribution is 2.26. The Hall–Kier alpha value is -1.05. The second-order valence-corrected chi connectivity index (χ2v) is 4.88. The summed E-state index contributed by atoms with van der Waals surface area (Å²) in [6.45, 7) is 4.33. The van der Waals surface area contributed by atoms with Crippen LogP contribution in [0.4, 0.5) is 0 Å². The predicted molar refractivity (Wildman–Crippen MR) is 67.2 cm³/mol. The van der Waals surface area contributed by atoms with Crippen LogP contribution in [-0.4, -0.2) is 12.1 Å². The molecule has 0 saturated carbocycles. The minimum Gasteiger partial charge on any atom is -0.490 e. The lowest BCUT2D eigenvalue weighted by molar-refractivity contribution is 0.225. The van der Waals surface area contributed by atoms with Crippen molar-refractivity contribution >= 4 is 15.9 Å². The van der Waals surface area contributed by atoms with Crippen LogP contribution in [-0.2, 0) is 0 Å². The third kappa shape index (κ3) is 3.22. The topological polar surface area (TPSA) is 59.0 Å². The number of hydrogen-bond donors (Lipinski definition) is 1. The number of ether oxygens (including phenoxy) is 1. The van der Waals surface area contributed by atoms with Gasteiger partial charge < -0.3 is 10.5 Å². The lowest BCUT2D eigenvalue weighted by Gasteiger charge is -2.23. The van der Waals surface area contributed by atoms with Crippen LogP contribution in [0.25, 0.3) is 0 Å². The number of benzene rings is 1. The van der Waals surface area contributed by atoms with Crippen molar-refractivity contribution in [2.75, 3.05) is 6.61 Å². The Morgan fingerprint density at radius 3 is 2.81 bits per heavy atom. The molecule has 16 heavy (non-hydrogen) atoms. The first-order chi connectivity index (χ1) is 7.50. The fourth-order valence-corrected chi connectivity index (χ4v) is 1.51. The molecular weight excluding hydrogens is 268 g/mol. The standard InChI is InChI=1S/C12H15BrN2O/c1-3-12(2,15)8-16-11-6-4-5-10(13)9(11)7-14/h4-6H,3,8,15H2,1-2H3. The molecule has 0 aliphatic carbocycles. The molecule has 0 aromatic heterocycles. The van der Waals surface area contributed by atoms with Crippen molar-refractivity contribution in [3.63, 3.8) is 0 Å². The molecule has 1 rings (SSSR count). The molecule has 86 valence electrons. The first kappa shape index (κ1) is 13.0. The Morgan fingerprint density at radius 1 is 1.56 bits per heavy atom.